The summed E-state index contributed by atoms with van der Waals surface area (Å²) in [4.78, 5) is 0. The van der Waals surface area contributed by atoms with Gasteiger partial charge in [0.15, 0.2) is 0 Å². The number of hydrogen-bond donors (Lipinski definition) is 2. The smallest absolute Gasteiger partial charge is 0.0461 e. The van der Waals surface area contributed by atoms with E-state index in [-0.39, 0.29) is 0 Å². The zero-order valence-corrected chi connectivity index (χ0v) is 10.6. The molecule has 0 saturated heterocycles. The molecule has 2 aromatic rings. The van der Waals surface area contributed by atoms with Crippen LogP contribution < -0.4 is 11.5 Å². The van der Waals surface area contributed by atoms with Crippen molar-refractivity contribution >= 4 is 34.6 Å². The lowest BCUT2D eigenvalue weighted by atomic mass is 10.0. The van der Waals surface area contributed by atoms with Crippen LogP contribution in [0.1, 0.15) is 11.1 Å². The second-order valence-electron chi connectivity index (χ2n) is 3.79. The van der Waals surface area contributed by atoms with E-state index in [1.165, 1.54) is 0 Å². The largest absolute Gasteiger partial charge is 0.398 e. The zero-order chi connectivity index (χ0) is 12.4. The number of anilines is 2. The van der Waals surface area contributed by atoms with Gasteiger partial charge in [-0.25, -0.2) is 0 Å². The third kappa shape index (κ3) is 2.48. The Morgan fingerprint density at radius 3 is 1.53 bits per heavy atom. The van der Waals surface area contributed by atoms with Crippen LogP contribution in [0.15, 0.2) is 36.4 Å². The molecule has 0 aliphatic rings. The van der Waals surface area contributed by atoms with Crippen LogP contribution in [0.25, 0.3) is 0 Å². The van der Waals surface area contributed by atoms with Gasteiger partial charge in [-0.3, -0.25) is 0 Å². The zero-order valence-electron chi connectivity index (χ0n) is 9.08. The first-order valence-electron chi connectivity index (χ1n) is 5.15. The monoisotopic (exact) mass is 266 g/mol. The number of nitrogens with two attached hydrogens (primary N) is 2. The van der Waals surface area contributed by atoms with Gasteiger partial charge >= 0.3 is 0 Å². The Morgan fingerprint density at radius 2 is 1.18 bits per heavy atom. The molecule has 2 aromatic carbocycles. The molecule has 0 bridgehead atoms. The molecule has 0 aromatic heterocycles. The lowest BCUT2D eigenvalue weighted by molar-refractivity contribution is 1.20. The molecule has 88 valence electrons. The van der Waals surface area contributed by atoms with Crippen molar-refractivity contribution < 1.29 is 0 Å². The number of nitrogen functional groups attached to an aromatic ring is 2. The minimum atomic E-state index is 0.539. The van der Waals surface area contributed by atoms with Gasteiger partial charge < -0.3 is 11.5 Å². The van der Waals surface area contributed by atoms with Crippen LogP contribution in [0, 0.1) is 0 Å². The quantitative estimate of drug-likeness (QED) is 0.814. The Bertz CT molecular complexity index is 463. The second-order valence-corrected chi connectivity index (χ2v) is 4.61. The van der Waals surface area contributed by atoms with Gasteiger partial charge in [0.05, 0.1) is 0 Å². The molecule has 2 rings (SSSR count). The van der Waals surface area contributed by atoms with Gasteiger partial charge in [0, 0.05) is 27.8 Å². The molecule has 0 saturated carbocycles. The molecule has 4 heteroatoms. The first-order chi connectivity index (χ1) is 8.09. The summed E-state index contributed by atoms with van der Waals surface area (Å²) in [7, 11) is 0. The van der Waals surface area contributed by atoms with Crippen molar-refractivity contribution in [2.24, 2.45) is 0 Å². The Kier molecular flexibility index (Phi) is 3.46. The van der Waals surface area contributed by atoms with Gasteiger partial charge in [-0.05, 0) is 35.4 Å². The highest BCUT2D eigenvalue weighted by Crippen LogP contribution is 2.30. The highest BCUT2D eigenvalue weighted by atomic mass is 35.5. The van der Waals surface area contributed by atoms with Gasteiger partial charge in [-0.15, -0.1) is 0 Å². The van der Waals surface area contributed by atoms with Crippen molar-refractivity contribution in [3.63, 3.8) is 0 Å². The molecule has 0 spiro atoms. The molecule has 0 fully saturated rings. The van der Waals surface area contributed by atoms with Crippen LogP contribution in [-0.2, 0) is 6.42 Å². The molecule has 0 unspecified atom stereocenters. The fraction of sp³-hybridized carbons (Fsp3) is 0.0769. The Morgan fingerprint density at radius 1 is 0.765 bits per heavy atom. The van der Waals surface area contributed by atoms with Gasteiger partial charge in [-0.1, -0.05) is 35.3 Å². The number of rotatable bonds is 2. The van der Waals surface area contributed by atoms with Crippen LogP contribution in [-0.4, -0.2) is 0 Å². The van der Waals surface area contributed by atoms with Crippen LogP contribution in [0.2, 0.25) is 10.0 Å². The van der Waals surface area contributed by atoms with Gasteiger partial charge in [-0.2, -0.15) is 0 Å². The third-order valence-corrected chi connectivity index (χ3v) is 3.37. The molecule has 0 radical (unpaired) electrons. The summed E-state index contributed by atoms with van der Waals surface area (Å²) >= 11 is 12.2. The number of halogens is 2. The second kappa shape index (κ2) is 4.86. The average molecular weight is 267 g/mol. The molecule has 0 amide bonds. The summed E-state index contributed by atoms with van der Waals surface area (Å²) < 4.78 is 0. The Balaban J connectivity index is 2.45. The molecule has 17 heavy (non-hydrogen) atoms. The van der Waals surface area contributed by atoms with E-state index < -0.39 is 0 Å². The lowest BCUT2D eigenvalue weighted by Gasteiger charge is -2.11. The van der Waals surface area contributed by atoms with Crippen molar-refractivity contribution in [2.45, 2.75) is 6.42 Å². The summed E-state index contributed by atoms with van der Waals surface area (Å²) in [5, 5.41) is 1.26. The summed E-state index contributed by atoms with van der Waals surface area (Å²) in [5.74, 6) is 0. The topological polar surface area (TPSA) is 52.0 Å². The normalized spacial score (nSPS) is 10.5. The molecule has 0 aliphatic carbocycles. The standard InChI is InChI=1S/C13H12Cl2N2/c14-10-3-1-5-12(16)8(10)7-9-11(15)4-2-6-13(9)17/h1-6H,7,16-17H2. The van der Waals surface area contributed by atoms with Crippen LogP contribution in [0.5, 0.6) is 0 Å². The van der Waals surface area contributed by atoms with Gasteiger partial charge in [0.1, 0.15) is 0 Å². The van der Waals surface area contributed by atoms with Gasteiger partial charge in [0.25, 0.3) is 0 Å². The summed E-state index contributed by atoms with van der Waals surface area (Å²) in [5.41, 5.74) is 14.8. The molecule has 0 heterocycles. The highest BCUT2D eigenvalue weighted by Gasteiger charge is 2.10. The maximum absolute atomic E-state index is 6.12. The molecular formula is C13H12Cl2N2. The van der Waals surface area contributed by atoms with E-state index in [2.05, 4.69) is 0 Å². The molecule has 2 nitrogen and oxygen atoms in total. The predicted octanol–water partition coefficient (Wildman–Crippen LogP) is 3.75. The summed E-state index contributed by atoms with van der Waals surface area (Å²) in [6, 6.07) is 10.9. The van der Waals surface area contributed by atoms with Gasteiger partial charge in [0.2, 0.25) is 0 Å². The van der Waals surface area contributed by atoms with E-state index in [1.807, 2.05) is 24.3 Å². The van der Waals surface area contributed by atoms with Crippen LogP contribution in [0.4, 0.5) is 11.4 Å². The maximum atomic E-state index is 6.12. The van der Waals surface area contributed by atoms with Crippen molar-refractivity contribution in [1.82, 2.24) is 0 Å². The van der Waals surface area contributed by atoms with E-state index in [0.29, 0.717) is 27.8 Å². The van der Waals surface area contributed by atoms with Crippen LogP contribution >= 0.6 is 23.2 Å². The van der Waals surface area contributed by atoms with E-state index in [9.17, 15) is 0 Å². The average Bonchev–Trinajstić information content (AvgIpc) is 2.27. The molecule has 0 aliphatic heterocycles. The minimum Gasteiger partial charge on any atom is -0.398 e. The van der Waals surface area contributed by atoms with Crippen molar-refractivity contribution in [2.75, 3.05) is 11.5 Å². The third-order valence-electron chi connectivity index (χ3n) is 2.66. The molecular weight excluding hydrogens is 255 g/mol. The summed E-state index contributed by atoms with van der Waals surface area (Å²) in [6.45, 7) is 0. The van der Waals surface area contributed by atoms with Crippen molar-refractivity contribution in [3.8, 4) is 0 Å². The fourth-order valence-corrected chi connectivity index (χ4v) is 2.20. The van der Waals surface area contributed by atoms with Crippen molar-refractivity contribution in [3.05, 3.63) is 57.6 Å². The van der Waals surface area contributed by atoms with E-state index >= 15 is 0 Å². The molecule has 4 N–H and O–H groups in total. The Hall–Kier alpha value is -1.38. The maximum Gasteiger partial charge on any atom is 0.0461 e. The lowest BCUT2D eigenvalue weighted by Crippen LogP contribution is -2.00. The predicted molar refractivity (Wildman–Crippen MR) is 74.5 cm³/mol. The first-order valence-corrected chi connectivity index (χ1v) is 5.91. The first kappa shape index (κ1) is 12.1. The Labute approximate surface area is 110 Å². The highest BCUT2D eigenvalue weighted by molar-refractivity contribution is 6.32. The fourth-order valence-electron chi connectivity index (χ4n) is 1.70. The summed E-state index contributed by atoms with van der Waals surface area (Å²) in [6.07, 6.45) is 0.539. The number of benzene rings is 2. The SMILES string of the molecule is Nc1cccc(Cl)c1Cc1c(N)cccc1Cl. The van der Waals surface area contributed by atoms with E-state index in [1.54, 1.807) is 12.1 Å². The van der Waals surface area contributed by atoms with Crippen molar-refractivity contribution in [1.29, 1.82) is 0 Å². The molecule has 0 atom stereocenters. The number of hydrogen-bond acceptors (Lipinski definition) is 2. The van der Waals surface area contributed by atoms with E-state index in [0.717, 1.165) is 11.1 Å². The van der Waals surface area contributed by atoms with E-state index in [4.69, 9.17) is 34.7 Å². The minimum absolute atomic E-state index is 0.539. The van der Waals surface area contributed by atoms with Crippen LogP contribution in [0.3, 0.4) is 0 Å².